The smallest absolute Gasteiger partial charge is 0.326 e. The molecule has 0 saturated carbocycles. The van der Waals surface area contributed by atoms with Crippen LogP contribution in [0.2, 0.25) is 0 Å². The van der Waals surface area contributed by atoms with Gasteiger partial charge in [0.1, 0.15) is 0 Å². The van der Waals surface area contributed by atoms with Gasteiger partial charge in [-0.3, -0.25) is 4.90 Å². The number of amides is 2. The Hall–Kier alpha value is -1.91. The molecule has 3 nitrogen and oxygen atoms in total. The monoisotopic (exact) mass is 202 g/mol. The number of terminal acetylenes is 1. The van der Waals surface area contributed by atoms with Gasteiger partial charge in [0.15, 0.2) is 0 Å². The molecule has 0 aromatic rings. The van der Waals surface area contributed by atoms with Gasteiger partial charge < -0.3 is 5.32 Å². The molecule has 3 heteroatoms. The molecule has 0 atom stereocenters. The van der Waals surface area contributed by atoms with Crippen LogP contribution in [0.25, 0.3) is 0 Å². The Morgan fingerprint density at radius 3 is 3.07 bits per heavy atom. The van der Waals surface area contributed by atoms with Crippen molar-refractivity contribution in [1.29, 1.82) is 0 Å². The van der Waals surface area contributed by atoms with Crippen molar-refractivity contribution in [3.63, 3.8) is 0 Å². The Morgan fingerprint density at radius 2 is 2.40 bits per heavy atom. The molecule has 0 aromatic carbocycles. The summed E-state index contributed by atoms with van der Waals surface area (Å²) >= 11 is 0. The third kappa shape index (κ3) is 4.21. The van der Waals surface area contributed by atoms with Gasteiger partial charge in [-0.05, 0) is 25.0 Å². The normalized spacial score (nSPS) is 12.6. The summed E-state index contributed by atoms with van der Waals surface area (Å²) in [6.45, 7) is 0.655. The summed E-state index contributed by atoms with van der Waals surface area (Å²) in [4.78, 5) is 12.9. The minimum atomic E-state index is -0.132. The van der Waals surface area contributed by atoms with E-state index >= 15 is 0 Å². The number of unbranched alkanes of at least 4 members (excludes halogenated alkanes) is 2. The van der Waals surface area contributed by atoms with Gasteiger partial charge in [-0.1, -0.05) is 0 Å². The van der Waals surface area contributed by atoms with Crippen LogP contribution in [0.5, 0.6) is 0 Å². The van der Waals surface area contributed by atoms with Crippen LogP contribution >= 0.6 is 0 Å². The van der Waals surface area contributed by atoms with Gasteiger partial charge >= 0.3 is 6.03 Å². The summed E-state index contributed by atoms with van der Waals surface area (Å²) in [6.07, 6.45) is 14.5. The highest BCUT2D eigenvalue weighted by atomic mass is 16.2. The predicted octanol–water partition coefficient (Wildman–Crippen LogP) is 2.00. The predicted molar refractivity (Wildman–Crippen MR) is 59.7 cm³/mol. The molecule has 0 saturated heterocycles. The Morgan fingerprint density at radius 1 is 1.53 bits per heavy atom. The first-order chi connectivity index (χ1) is 7.34. The molecular weight excluding hydrogens is 188 g/mol. The molecule has 0 bridgehead atoms. The quantitative estimate of drug-likeness (QED) is 0.422. The standard InChI is InChI=1S/C12H14N2O/c1-2-3-4-6-9-13-12(15)14-10-7-5-8-11-14/h1,5,7,10-11H,3-4,6,9H2,(H,13,15). The van der Waals surface area contributed by atoms with E-state index in [2.05, 4.69) is 17.0 Å². The maximum absolute atomic E-state index is 11.5. The van der Waals surface area contributed by atoms with Crippen LogP contribution in [-0.4, -0.2) is 17.5 Å². The van der Waals surface area contributed by atoms with Gasteiger partial charge in [0.25, 0.3) is 0 Å². The summed E-state index contributed by atoms with van der Waals surface area (Å²) < 4.78 is 0. The highest BCUT2D eigenvalue weighted by Gasteiger charge is 2.06. The van der Waals surface area contributed by atoms with Crippen molar-refractivity contribution in [2.24, 2.45) is 0 Å². The number of urea groups is 1. The lowest BCUT2D eigenvalue weighted by molar-refractivity contribution is 0.226. The van der Waals surface area contributed by atoms with E-state index in [0.29, 0.717) is 6.54 Å². The Bertz CT molecular complexity index is 343. The number of carbonyl (C=O) groups excluding carboxylic acids is 1. The molecule has 2 amide bonds. The fraction of sp³-hybridized carbons (Fsp3) is 0.333. The second-order valence-corrected chi connectivity index (χ2v) is 3.10. The van der Waals surface area contributed by atoms with E-state index in [1.165, 1.54) is 4.90 Å². The Balaban J connectivity index is 2.17. The van der Waals surface area contributed by atoms with Gasteiger partial charge in [-0.15, -0.1) is 18.1 Å². The van der Waals surface area contributed by atoms with Gasteiger partial charge in [-0.2, -0.15) is 0 Å². The molecule has 78 valence electrons. The minimum absolute atomic E-state index is 0.132. The zero-order valence-electron chi connectivity index (χ0n) is 8.57. The molecule has 0 radical (unpaired) electrons. The number of allylic oxidation sites excluding steroid dienone is 2. The Kier molecular flexibility index (Phi) is 4.86. The lowest BCUT2D eigenvalue weighted by atomic mass is 10.2. The SMILES string of the molecule is C#CCCCCNC(=O)N1C=C=CC=C1. The summed E-state index contributed by atoms with van der Waals surface area (Å²) in [5, 5.41) is 2.79. The molecule has 15 heavy (non-hydrogen) atoms. The van der Waals surface area contributed by atoms with E-state index in [1.54, 1.807) is 24.6 Å². The van der Waals surface area contributed by atoms with E-state index in [0.717, 1.165) is 19.3 Å². The highest BCUT2D eigenvalue weighted by Crippen LogP contribution is 1.98. The van der Waals surface area contributed by atoms with E-state index in [1.807, 2.05) is 0 Å². The number of rotatable bonds is 4. The van der Waals surface area contributed by atoms with Crippen LogP contribution in [0.1, 0.15) is 19.3 Å². The molecule has 0 spiro atoms. The van der Waals surface area contributed by atoms with E-state index in [-0.39, 0.29) is 6.03 Å². The van der Waals surface area contributed by atoms with Crippen LogP contribution < -0.4 is 5.32 Å². The maximum atomic E-state index is 11.5. The maximum Gasteiger partial charge on any atom is 0.326 e. The number of nitrogens with zero attached hydrogens (tertiary/aromatic N) is 1. The second-order valence-electron chi connectivity index (χ2n) is 3.10. The molecule has 0 fully saturated rings. The van der Waals surface area contributed by atoms with Gasteiger partial charge in [0.05, 0.1) is 6.20 Å². The summed E-state index contributed by atoms with van der Waals surface area (Å²) in [6, 6.07) is -0.132. The zero-order valence-corrected chi connectivity index (χ0v) is 8.57. The highest BCUT2D eigenvalue weighted by molar-refractivity contribution is 5.76. The van der Waals surface area contributed by atoms with Crippen molar-refractivity contribution >= 4 is 6.03 Å². The molecular formula is C12H14N2O. The molecule has 1 aliphatic heterocycles. The van der Waals surface area contributed by atoms with Crippen LogP contribution in [0.3, 0.4) is 0 Å². The van der Waals surface area contributed by atoms with E-state index in [9.17, 15) is 4.79 Å². The fourth-order valence-corrected chi connectivity index (χ4v) is 1.12. The van der Waals surface area contributed by atoms with Crippen molar-refractivity contribution in [2.75, 3.05) is 6.54 Å². The van der Waals surface area contributed by atoms with E-state index in [4.69, 9.17) is 6.42 Å². The number of hydrogen-bond donors (Lipinski definition) is 1. The first kappa shape index (κ1) is 11.2. The molecule has 1 rings (SSSR count). The van der Waals surface area contributed by atoms with Crippen LogP contribution in [0.4, 0.5) is 4.79 Å². The van der Waals surface area contributed by atoms with Crippen molar-refractivity contribution < 1.29 is 4.79 Å². The summed E-state index contributed by atoms with van der Waals surface area (Å²) in [7, 11) is 0. The summed E-state index contributed by atoms with van der Waals surface area (Å²) in [5.41, 5.74) is 2.83. The average Bonchev–Trinajstić information content (AvgIpc) is 2.30. The lowest BCUT2D eigenvalue weighted by Gasteiger charge is -2.14. The van der Waals surface area contributed by atoms with Crippen molar-refractivity contribution in [2.45, 2.75) is 19.3 Å². The van der Waals surface area contributed by atoms with Gasteiger partial charge in [-0.25, -0.2) is 4.79 Å². The molecule has 0 aromatic heterocycles. The van der Waals surface area contributed by atoms with Crippen molar-refractivity contribution in [3.05, 3.63) is 30.3 Å². The molecule has 0 unspecified atom stereocenters. The Labute approximate surface area is 90.1 Å². The van der Waals surface area contributed by atoms with Crippen LogP contribution in [0.15, 0.2) is 30.3 Å². The number of nitrogens with one attached hydrogen (secondary N) is 1. The topological polar surface area (TPSA) is 32.3 Å². The third-order valence-electron chi connectivity index (χ3n) is 1.91. The third-order valence-corrected chi connectivity index (χ3v) is 1.91. The lowest BCUT2D eigenvalue weighted by Crippen LogP contribution is -2.34. The molecule has 0 aliphatic carbocycles. The molecule has 1 N–H and O–H groups in total. The molecule has 1 heterocycles. The van der Waals surface area contributed by atoms with Gasteiger partial charge in [0, 0.05) is 19.2 Å². The van der Waals surface area contributed by atoms with Crippen molar-refractivity contribution in [3.8, 4) is 12.3 Å². The first-order valence-corrected chi connectivity index (χ1v) is 4.93. The van der Waals surface area contributed by atoms with E-state index < -0.39 is 0 Å². The fourth-order valence-electron chi connectivity index (χ4n) is 1.12. The van der Waals surface area contributed by atoms with Gasteiger partial charge in [0.2, 0.25) is 0 Å². The number of hydrogen-bond acceptors (Lipinski definition) is 1. The number of carbonyl (C=O) groups is 1. The minimum Gasteiger partial charge on any atom is -0.337 e. The first-order valence-electron chi connectivity index (χ1n) is 4.93. The largest absolute Gasteiger partial charge is 0.337 e. The zero-order chi connectivity index (χ0) is 10.9. The second kappa shape index (κ2) is 6.53. The molecule has 1 aliphatic rings. The van der Waals surface area contributed by atoms with Crippen LogP contribution in [0, 0.1) is 12.3 Å². The average molecular weight is 202 g/mol. The summed E-state index contributed by atoms with van der Waals surface area (Å²) in [5.74, 6) is 2.56. The van der Waals surface area contributed by atoms with Crippen LogP contribution in [-0.2, 0) is 0 Å². The van der Waals surface area contributed by atoms with Crippen molar-refractivity contribution in [1.82, 2.24) is 10.2 Å².